The zero-order chi connectivity index (χ0) is 24.2. The van der Waals surface area contributed by atoms with Crippen molar-refractivity contribution >= 4 is 66.2 Å². The number of benzene rings is 3. The average Bonchev–Trinajstić information content (AvgIpc) is 2.74. The molecule has 0 spiro atoms. The molecule has 0 aliphatic heterocycles. The second kappa shape index (κ2) is 10.0. The number of carbonyl (C=O) groups is 1. The van der Waals surface area contributed by atoms with Gasteiger partial charge in [0.2, 0.25) is 15.9 Å². The normalized spacial score (nSPS) is 11.6. The summed E-state index contributed by atoms with van der Waals surface area (Å²) in [4.78, 5) is 12.5. The molecule has 0 aromatic heterocycles. The van der Waals surface area contributed by atoms with Gasteiger partial charge in [-0.25, -0.2) is 16.8 Å². The van der Waals surface area contributed by atoms with Crippen LogP contribution in [-0.2, 0) is 24.8 Å². The van der Waals surface area contributed by atoms with Gasteiger partial charge in [-0.2, -0.15) is 0 Å². The summed E-state index contributed by atoms with van der Waals surface area (Å²) in [6.07, 6.45) is 0.960. The van der Waals surface area contributed by atoms with E-state index in [1.54, 1.807) is 30.3 Å². The highest BCUT2D eigenvalue weighted by Crippen LogP contribution is 2.28. The van der Waals surface area contributed by atoms with Crippen LogP contribution in [0.1, 0.15) is 0 Å². The van der Waals surface area contributed by atoms with E-state index in [1.165, 1.54) is 42.5 Å². The Morgan fingerprint density at radius 1 is 0.848 bits per heavy atom. The van der Waals surface area contributed by atoms with Crippen LogP contribution in [-0.4, -0.2) is 35.5 Å². The predicted molar refractivity (Wildman–Crippen MR) is 131 cm³/mol. The van der Waals surface area contributed by atoms with Gasteiger partial charge < -0.3 is 5.32 Å². The fraction of sp³-hybridized carbons (Fsp3) is 0.0952. The third kappa shape index (κ3) is 6.61. The highest BCUT2D eigenvalue weighted by molar-refractivity contribution is 7.92. The Morgan fingerprint density at radius 3 is 2.06 bits per heavy atom. The van der Waals surface area contributed by atoms with Crippen molar-refractivity contribution in [1.29, 1.82) is 0 Å². The molecule has 3 aromatic carbocycles. The van der Waals surface area contributed by atoms with Crippen LogP contribution in [0.5, 0.6) is 0 Å². The molecule has 0 bridgehead atoms. The Labute approximate surface area is 202 Å². The maximum Gasteiger partial charge on any atom is 0.261 e. The average molecular weight is 528 g/mol. The van der Waals surface area contributed by atoms with Gasteiger partial charge in [-0.15, -0.1) is 0 Å². The first-order chi connectivity index (χ1) is 15.5. The molecule has 0 atom stereocenters. The predicted octanol–water partition coefficient (Wildman–Crippen LogP) is 4.20. The second-order valence-corrected chi connectivity index (χ2v) is 11.3. The Bertz CT molecular complexity index is 1360. The van der Waals surface area contributed by atoms with Gasteiger partial charge in [-0.3, -0.25) is 13.8 Å². The van der Waals surface area contributed by atoms with E-state index in [2.05, 4.69) is 10.0 Å². The van der Waals surface area contributed by atoms with Crippen LogP contribution in [0.2, 0.25) is 10.0 Å². The molecule has 0 heterocycles. The number of hydrogen-bond acceptors (Lipinski definition) is 5. The first-order valence-corrected chi connectivity index (χ1v) is 13.4. The topological polar surface area (TPSA) is 113 Å². The third-order valence-electron chi connectivity index (χ3n) is 4.35. The summed E-state index contributed by atoms with van der Waals surface area (Å²) in [5.74, 6) is -0.635. The molecule has 8 nitrogen and oxygen atoms in total. The van der Waals surface area contributed by atoms with Crippen molar-refractivity contribution in [3.8, 4) is 0 Å². The number of para-hydroxylation sites is 1. The number of carbonyl (C=O) groups excluding carboxylic acids is 1. The SMILES string of the molecule is CS(=O)(=O)N(CC(=O)Nc1ccc(S(=O)(=O)Nc2ccccc2)cc1)c1ccc(Cl)c(Cl)c1. The van der Waals surface area contributed by atoms with Crippen LogP contribution in [0.3, 0.4) is 0 Å². The van der Waals surface area contributed by atoms with Crippen molar-refractivity contribution in [2.75, 3.05) is 27.1 Å². The van der Waals surface area contributed by atoms with E-state index in [1.807, 2.05) is 0 Å². The van der Waals surface area contributed by atoms with E-state index in [-0.39, 0.29) is 20.6 Å². The number of hydrogen-bond donors (Lipinski definition) is 2. The van der Waals surface area contributed by atoms with E-state index in [9.17, 15) is 21.6 Å². The van der Waals surface area contributed by atoms with Gasteiger partial charge in [0.25, 0.3) is 10.0 Å². The molecule has 0 aliphatic carbocycles. The largest absolute Gasteiger partial charge is 0.325 e. The Kier molecular flexibility index (Phi) is 7.53. The van der Waals surface area contributed by atoms with E-state index in [4.69, 9.17) is 23.2 Å². The number of anilines is 3. The molecule has 12 heteroatoms. The Balaban J connectivity index is 1.72. The Hall–Kier alpha value is -2.79. The summed E-state index contributed by atoms with van der Waals surface area (Å²) in [5, 5.41) is 2.94. The van der Waals surface area contributed by atoms with Gasteiger partial charge in [0.1, 0.15) is 6.54 Å². The van der Waals surface area contributed by atoms with E-state index < -0.39 is 32.5 Å². The molecule has 3 aromatic rings. The van der Waals surface area contributed by atoms with Crippen molar-refractivity contribution in [3.63, 3.8) is 0 Å². The number of nitrogens with zero attached hydrogens (tertiary/aromatic N) is 1. The number of amides is 1. The van der Waals surface area contributed by atoms with Crippen molar-refractivity contribution in [1.82, 2.24) is 0 Å². The van der Waals surface area contributed by atoms with Gasteiger partial charge in [0.15, 0.2) is 0 Å². The van der Waals surface area contributed by atoms with Gasteiger partial charge in [-0.05, 0) is 54.6 Å². The molecule has 0 fully saturated rings. The highest BCUT2D eigenvalue weighted by Gasteiger charge is 2.22. The van der Waals surface area contributed by atoms with Gasteiger partial charge in [-0.1, -0.05) is 41.4 Å². The number of nitrogens with one attached hydrogen (secondary N) is 2. The smallest absolute Gasteiger partial charge is 0.261 e. The van der Waals surface area contributed by atoms with Crippen molar-refractivity contribution in [2.24, 2.45) is 0 Å². The zero-order valence-electron chi connectivity index (χ0n) is 17.2. The summed E-state index contributed by atoms with van der Waals surface area (Å²) >= 11 is 11.8. The summed E-state index contributed by atoms with van der Waals surface area (Å²) in [5.41, 5.74) is 0.884. The molecule has 0 saturated heterocycles. The van der Waals surface area contributed by atoms with Crippen molar-refractivity contribution in [3.05, 3.63) is 82.8 Å². The van der Waals surface area contributed by atoms with Crippen LogP contribution in [0.15, 0.2) is 77.7 Å². The molecule has 0 radical (unpaired) electrons. The summed E-state index contributed by atoms with van der Waals surface area (Å²) in [7, 11) is -7.62. The Morgan fingerprint density at radius 2 is 1.48 bits per heavy atom. The monoisotopic (exact) mass is 527 g/mol. The lowest BCUT2D eigenvalue weighted by Gasteiger charge is -2.22. The fourth-order valence-electron chi connectivity index (χ4n) is 2.81. The first-order valence-electron chi connectivity index (χ1n) is 9.36. The minimum Gasteiger partial charge on any atom is -0.325 e. The lowest BCUT2D eigenvalue weighted by Crippen LogP contribution is -2.37. The standard InChI is InChI=1S/C21H19Cl2N3O5S2/c1-32(28,29)26(17-9-12-19(22)20(23)13-17)14-21(27)24-15-7-10-18(11-8-15)33(30,31)25-16-5-3-2-4-6-16/h2-13,25H,14H2,1H3,(H,24,27). The van der Waals surface area contributed by atoms with Crippen molar-refractivity contribution in [2.45, 2.75) is 4.90 Å². The molecule has 3 rings (SSSR count). The van der Waals surface area contributed by atoms with Crippen LogP contribution >= 0.6 is 23.2 Å². The van der Waals surface area contributed by atoms with Crippen molar-refractivity contribution < 1.29 is 21.6 Å². The molecular weight excluding hydrogens is 509 g/mol. The molecule has 0 saturated carbocycles. The molecule has 0 unspecified atom stereocenters. The molecule has 1 amide bonds. The third-order valence-corrected chi connectivity index (χ3v) is 7.63. The second-order valence-electron chi connectivity index (χ2n) is 6.91. The van der Waals surface area contributed by atoms with Gasteiger partial charge in [0.05, 0.1) is 26.9 Å². The minimum absolute atomic E-state index is 0.00193. The van der Waals surface area contributed by atoms with Crippen LogP contribution in [0.25, 0.3) is 0 Å². The number of rotatable bonds is 8. The lowest BCUT2D eigenvalue weighted by molar-refractivity contribution is -0.114. The molecule has 174 valence electrons. The summed E-state index contributed by atoms with van der Waals surface area (Å²) in [6, 6.07) is 18.1. The van der Waals surface area contributed by atoms with Gasteiger partial charge >= 0.3 is 0 Å². The maximum atomic E-state index is 12.5. The molecule has 33 heavy (non-hydrogen) atoms. The number of halogens is 2. The van der Waals surface area contributed by atoms with E-state index in [0.29, 0.717) is 11.4 Å². The quantitative estimate of drug-likeness (QED) is 0.455. The molecular formula is C21H19Cl2N3O5S2. The van der Waals surface area contributed by atoms with E-state index >= 15 is 0 Å². The van der Waals surface area contributed by atoms with Crippen LogP contribution in [0, 0.1) is 0 Å². The van der Waals surface area contributed by atoms with E-state index in [0.717, 1.165) is 10.6 Å². The summed E-state index contributed by atoms with van der Waals surface area (Å²) < 4.78 is 52.8. The number of sulfonamides is 2. The lowest BCUT2D eigenvalue weighted by atomic mass is 10.3. The van der Waals surface area contributed by atoms with Crippen LogP contribution in [0.4, 0.5) is 17.1 Å². The maximum absolute atomic E-state index is 12.5. The van der Waals surface area contributed by atoms with Gasteiger partial charge in [0, 0.05) is 11.4 Å². The molecule has 2 N–H and O–H groups in total. The molecule has 0 aliphatic rings. The minimum atomic E-state index is -3.81. The fourth-order valence-corrected chi connectivity index (χ4v) is 5.01. The summed E-state index contributed by atoms with van der Waals surface area (Å²) in [6.45, 7) is -0.521. The highest BCUT2D eigenvalue weighted by atomic mass is 35.5. The first kappa shape index (κ1) is 24.8. The zero-order valence-corrected chi connectivity index (χ0v) is 20.3. The van der Waals surface area contributed by atoms with Crippen LogP contribution < -0.4 is 14.3 Å².